The van der Waals surface area contributed by atoms with Crippen molar-refractivity contribution in [3.63, 3.8) is 0 Å². The van der Waals surface area contributed by atoms with E-state index in [1.807, 2.05) is 26.0 Å². The molecule has 0 fully saturated rings. The molecule has 0 aliphatic carbocycles. The average molecular weight is 351 g/mol. The van der Waals surface area contributed by atoms with Crippen molar-refractivity contribution in [3.8, 4) is 11.5 Å². The number of carboxylic acid groups (broad SMARTS) is 1. The minimum atomic E-state index is -0.788. The summed E-state index contributed by atoms with van der Waals surface area (Å²) in [5.74, 6) is 0.927. The number of carbonyl (C=O) groups is 1. The molecule has 0 bridgehead atoms. The molecule has 142 valence electrons. The van der Waals surface area contributed by atoms with Crippen molar-refractivity contribution in [2.45, 2.75) is 52.9 Å². The van der Waals surface area contributed by atoms with Crippen LogP contribution in [0.3, 0.4) is 0 Å². The van der Waals surface area contributed by atoms with Crippen LogP contribution in [0.1, 0.15) is 52.0 Å². The van der Waals surface area contributed by atoms with Gasteiger partial charge in [0.2, 0.25) is 0 Å². The van der Waals surface area contributed by atoms with Gasteiger partial charge in [0.15, 0.2) is 0 Å². The van der Waals surface area contributed by atoms with Crippen molar-refractivity contribution in [3.05, 3.63) is 23.8 Å². The Balaban J connectivity index is 2.65. The van der Waals surface area contributed by atoms with E-state index < -0.39 is 11.9 Å². The van der Waals surface area contributed by atoms with Crippen LogP contribution in [0.25, 0.3) is 0 Å². The highest BCUT2D eigenvalue weighted by atomic mass is 16.5. The minimum Gasteiger partial charge on any atom is -0.494 e. The summed E-state index contributed by atoms with van der Waals surface area (Å²) in [6.07, 6.45) is 4.50. The number of aryl methyl sites for hydroxylation is 1. The molecule has 0 aromatic heterocycles. The van der Waals surface area contributed by atoms with Gasteiger partial charge >= 0.3 is 5.97 Å². The number of hydrogen-bond donors (Lipinski definition) is 2. The largest absolute Gasteiger partial charge is 0.494 e. The van der Waals surface area contributed by atoms with E-state index in [9.17, 15) is 9.90 Å². The van der Waals surface area contributed by atoms with Crippen molar-refractivity contribution in [1.82, 2.24) is 0 Å². The van der Waals surface area contributed by atoms with E-state index in [2.05, 4.69) is 13.0 Å². The third-order valence-electron chi connectivity index (χ3n) is 4.53. The zero-order chi connectivity index (χ0) is 18.7. The van der Waals surface area contributed by atoms with E-state index in [4.69, 9.17) is 15.2 Å². The van der Waals surface area contributed by atoms with Gasteiger partial charge in [-0.3, -0.25) is 4.79 Å². The molecule has 3 N–H and O–H groups in total. The first-order valence-electron chi connectivity index (χ1n) is 9.36. The van der Waals surface area contributed by atoms with E-state index >= 15 is 0 Å². The van der Waals surface area contributed by atoms with Gasteiger partial charge in [0.05, 0.1) is 19.1 Å². The molecule has 0 radical (unpaired) electrons. The molecule has 0 aliphatic heterocycles. The lowest BCUT2D eigenvalue weighted by Gasteiger charge is -2.19. The van der Waals surface area contributed by atoms with Crippen LogP contribution in [0, 0.1) is 11.8 Å². The molecule has 2 unspecified atom stereocenters. The fourth-order valence-corrected chi connectivity index (χ4v) is 3.07. The number of rotatable bonds is 13. The van der Waals surface area contributed by atoms with Gasteiger partial charge in [-0.25, -0.2) is 0 Å². The first-order valence-corrected chi connectivity index (χ1v) is 9.36. The van der Waals surface area contributed by atoms with Crippen LogP contribution in [0.2, 0.25) is 0 Å². The highest BCUT2D eigenvalue weighted by molar-refractivity contribution is 5.70. The summed E-state index contributed by atoms with van der Waals surface area (Å²) >= 11 is 0. The predicted molar refractivity (Wildman–Crippen MR) is 100 cm³/mol. The molecule has 0 amide bonds. The Kier molecular flexibility index (Phi) is 10.0. The summed E-state index contributed by atoms with van der Waals surface area (Å²) in [6, 6.07) is 5.96. The minimum absolute atomic E-state index is 0.205. The van der Waals surface area contributed by atoms with Gasteiger partial charge in [-0.1, -0.05) is 19.8 Å². The highest BCUT2D eigenvalue weighted by Crippen LogP contribution is 2.28. The van der Waals surface area contributed by atoms with Crippen LogP contribution in [-0.2, 0) is 11.2 Å². The van der Waals surface area contributed by atoms with Crippen LogP contribution < -0.4 is 15.2 Å². The van der Waals surface area contributed by atoms with Crippen LogP contribution in [-0.4, -0.2) is 30.8 Å². The Morgan fingerprint density at radius 2 is 1.92 bits per heavy atom. The molecular weight excluding hydrogens is 318 g/mol. The van der Waals surface area contributed by atoms with Crippen molar-refractivity contribution in [2.75, 3.05) is 19.8 Å². The van der Waals surface area contributed by atoms with E-state index in [1.54, 1.807) is 0 Å². The first-order chi connectivity index (χ1) is 12.0. The maximum absolute atomic E-state index is 11.2. The van der Waals surface area contributed by atoms with E-state index in [0.29, 0.717) is 25.6 Å². The molecule has 0 saturated carbocycles. The van der Waals surface area contributed by atoms with Crippen molar-refractivity contribution >= 4 is 5.97 Å². The Bertz CT molecular complexity index is 518. The number of benzene rings is 1. The average Bonchev–Trinajstić information content (AvgIpc) is 2.60. The first kappa shape index (κ1) is 21.3. The SMILES string of the molecule is CCOc1ccc(OCC)c(CCCC(CC)CC(CN)C(=O)O)c1. The van der Waals surface area contributed by atoms with Crippen molar-refractivity contribution < 1.29 is 19.4 Å². The highest BCUT2D eigenvalue weighted by Gasteiger charge is 2.20. The van der Waals surface area contributed by atoms with Crippen LogP contribution in [0.15, 0.2) is 18.2 Å². The Morgan fingerprint density at radius 1 is 1.20 bits per heavy atom. The van der Waals surface area contributed by atoms with E-state index in [0.717, 1.165) is 42.7 Å². The second-order valence-electron chi connectivity index (χ2n) is 6.31. The van der Waals surface area contributed by atoms with Crippen LogP contribution in [0.5, 0.6) is 11.5 Å². The summed E-state index contributed by atoms with van der Waals surface area (Å²) in [5, 5.41) is 9.19. The summed E-state index contributed by atoms with van der Waals surface area (Å²) in [6.45, 7) is 7.54. The van der Waals surface area contributed by atoms with Gasteiger partial charge in [0.1, 0.15) is 11.5 Å². The molecule has 1 aromatic rings. The fourth-order valence-electron chi connectivity index (χ4n) is 3.07. The maximum Gasteiger partial charge on any atom is 0.307 e. The monoisotopic (exact) mass is 351 g/mol. The second kappa shape index (κ2) is 11.7. The third kappa shape index (κ3) is 7.34. The van der Waals surface area contributed by atoms with Gasteiger partial charge in [-0.2, -0.15) is 0 Å². The smallest absolute Gasteiger partial charge is 0.307 e. The summed E-state index contributed by atoms with van der Waals surface area (Å²) in [4.78, 5) is 11.2. The zero-order valence-electron chi connectivity index (χ0n) is 15.8. The molecule has 0 heterocycles. The van der Waals surface area contributed by atoms with E-state index in [1.165, 1.54) is 0 Å². The lowest BCUT2D eigenvalue weighted by molar-refractivity contribution is -0.142. The lowest BCUT2D eigenvalue weighted by Crippen LogP contribution is -2.25. The number of nitrogens with two attached hydrogens (primary N) is 1. The molecule has 2 atom stereocenters. The summed E-state index contributed by atoms with van der Waals surface area (Å²) in [7, 11) is 0. The normalized spacial score (nSPS) is 13.3. The number of ether oxygens (including phenoxy) is 2. The van der Waals surface area contributed by atoms with Crippen molar-refractivity contribution in [1.29, 1.82) is 0 Å². The number of aliphatic carboxylic acids is 1. The molecule has 5 heteroatoms. The topological polar surface area (TPSA) is 81.8 Å². The van der Waals surface area contributed by atoms with Gasteiger partial charge in [0.25, 0.3) is 0 Å². The molecule has 0 spiro atoms. The quantitative estimate of drug-likeness (QED) is 0.563. The Hall–Kier alpha value is -1.75. The van der Waals surface area contributed by atoms with E-state index in [-0.39, 0.29) is 6.54 Å². The lowest BCUT2D eigenvalue weighted by atomic mass is 9.88. The molecule has 25 heavy (non-hydrogen) atoms. The standard InChI is InChI=1S/C20H33NO4/c1-4-15(12-17(14-21)20(22)23)8-7-9-16-13-18(24-5-2)10-11-19(16)25-6-3/h10-11,13,15,17H,4-9,12,14,21H2,1-3H3,(H,22,23). The zero-order valence-corrected chi connectivity index (χ0v) is 15.8. The summed E-state index contributed by atoms with van der Waals surface area (Å²) in [5.41, 5.74) is 6.73. The Labute approximate surface area is 151 Å². The molecule has 5 nitrogen and oxygen atoms in total. The predicted octanol–water partition coefficient (Wildman–Crippen LogP) is 3.88. The second-order valence-corrected chi connectivity index (χ2v) is 6.31. The molecule has 0 aliphatic rings. The number of carboxylic acids is 1. The van der Waals surface area contributed by atoms with Gasteiger partial charge in [-0.05, 0) is 62.8 Å². The van der Waals surface area contributed by atoms with Crippen LogP contribution >= 0.6 is 0 Å². The Morgan fingerprint density at radius 3 is 2.48 bits per heavy atom. The van der Waals surface area contributed by atoms with Gasteiger partial charge in [-0.15, -0.1) is 0 Å². The number of hydrogen-bond acceptors (Lipinski definition) is 4. The van der Waals surface area contributed by atoms with Gasteiger partial charge in [0, 0.05) is 6.54 Å². The van der Waals surface area contributed by atoms with Crippen LogP contribution in [0.4, 0.5) is 0 Å². The molecule has 0 saturated heterocycles. The fraction of sp³-hybridized carbons (Fsp3) is 0.650. The molecule has 1 aromatic carbocycles. The summed E-state index contributed by atoms with van der Waals surface area (Å²) < 4.78 is 11.3. The third-order valence-corrected chi connectivity index (χ3v) is 4.53. The van der Waals surface area contributed by atoms with Crippen molar-refractivity contribution in [2.24, 2.45) is 17.6 Å². The molecular formula is C20H33NO4. The van der Waals surface area contributed by atoms with Gasteiger partial charge < -0.3 is 20.3 Å². The maximum atomic E-state index is 11.2. The molecule has 1 rings (SSSR count).